The molecule has 0 bridgehead atoms. The molecule has 0 saturated heterocycles. The summed E-state index contributed by atoms with van der Waals surface area (Å²) in [6.45, 7) is 0. The predicted octanol–water partition coefficient (Wildman–Crippen LogP) is 1.67. The molecule has 1 heterocycles. The van der Waals surface area contributed by atoms with E-state index in [1.165, 1.54) is 6.39 Å². The third-order valence-corrected chi connectivity index (χ3v) is 3.58. The molecule has 0 unspecified atom stereocenters. The lowest BCUT2D eigenvalue weighted by Gasteiger charge is -2.05. The van der Waals surface area contributed by atoms with Gasteiger partial charge in [-0.1, -0.05) is 6.07 Å². The molecule has 2 aromatic rings. The Hall–Kier alpha value is -1.60. The van der Waals surface area contributed by atoms with Gasteiger partial charge in [-0.05, 0) is 18.2 Å². The van der Waals surface area contributed by atoms with Crippen molar-refractivity contribution in [2.24, 2.45) is 0 Å². The molecule has 1 aromatic heterocycles. The summed E-state index contributed by atoms with van der Waals surface area (Å²) in [6.07, 6.45) is 1.20. The van der Waals surface area contributed by atoms with Crippen molar-refractivity contribution in [3.05, 3.63) is 30.7 Å². The van der Waals surface area contributed by atoms with Crippen molar-refractivity contribution in [2.45, 2.75) is 0 Å². The molecule has 0 aliphatic rings. The first kappa shape index (κ1) is 11.9. The molecule has 0 saturated carbocycles. The number of nitrogens with one attached hydrogen (secondary N) is 1. The van der Waals surface area contributed by atoms with E-state index in [1.54, 1.807) is 24.3 Å². The summed E-state index contributed by atoms with van der Waals surface area (Å²) in [6, 6.07) is 6.58. The number of aromatic nitrogens is 2. The molecule has 0 radical (unpaired) electrons. The molecular formula is C9H8ClN3O3S. The molecule has 1 aromatic carbocycles. The molecule has 0 aliphatic carbocycles. The zero-order valence-corrected chi connectivity index (χ0v) is 10.1. The maximum atomic E-state index is 11.3. The zero-order chi connectivity index (χ0) is 12.3. The van der Waals surface area contributed by atoms with Crippen molar-refractivity contribution in [3.8, 4) is 11.5 Å². The number of alkyl halides is 1. The van der Waals surface area contributed by atoms with Crippen molar-refractivity contribution in [1.82, 2.24) is 10.2 Å². The SMILES string of the molecule is O=S(=O)(CCl)Nc1cccc(-c2nnco2)c1. The maximum absolute atomic E-state index is 11.3. The summed E-state index contributed by atoms with van der Waals surface area (Å²) in [5.74, 6) is 0.317. The van der Waals surface area contributed by atoms with E-state index >= 15 is 0 Å². The number of halogens is 1. The molecule has 0 fully saturated rings. The van der Waals surface area contributed by atoms with Crippen molar-refractivity contribution >= 4 is 27.3 Å². The van der Waals surface area contributed by atoms with Crippen LogP contribution in [-0.4, -0.2) is 23.8 Å². The number of hydrogen-bond donors (Lipinski definition) is 1. The van der Waals surface area contributed by atoms with Gasteiger partial charge in [0.1, 0.15) is 5.21 Å². The fraction of sp³-hybridized carbons (Fsp3) is 0.111. The molecular weight excluding hydrogens is 266 g/mol. The second-order valence-electron chi connectivity index (χ2n) is 3.15. The Morgan fingerprint density at radius 3 is 2.88 bits per heavy atom. The molecule has 8 heteroatoms. The average molecular weight is 274 g/mol. The Bertz CT molecular complexity index is 598. The van der Waals surface area contributed by atoms with Gasteiger partial charge in [-0.25, -0.2) is 8.42 Å². The van der Waals surface area contributed by atoms with Crippen LogP contribution < -0.4 is 4.72 Å². The quantitative estimate of drug-likeness (QED) is 0.857. The number of anilines is 1. The van der Waals surface area contributed by atoms with E-state index in [2.05, 4.69) is 14.9 Å². The third-order valence-electron chi connectivity index (χ3n) is 1.89. The van der Waals surface area contributed by atoms with Gasteiger partial charge in [-0.15, -0.1) is 21.8 Å². The zero-order valence-electron chi connectivity index (χ0n) is 8.50. The number of nitrogens with zero attached hydrogens (tertiary/aromatic N) is 2. The van der Waals surface area contributed by atoms with Crippen LogP contribution in [0.25, 0.3) is 11.5 Å². The summed E-state index contributed by atoms with van der Waals surface area (Å²) in [4.78, 5) is 0. The van der Waals surface area contributed by atoms with E-state index in [9.17, 15) is 8.42 Å². The summed E-state index contributed by atoms with van der Waals surface area (Å²) < 4.78 is 29.9. The lowest BCUT2D eigenvalue weighted by atomic mass is 10.2. The van der Waals surface area contributed by atoms with Gasteiger partial charge in [0, 0.05) is 11.3 Å². The largest absolute Gasteiger partial charge is 0.423 e. The van der Waals surface area contributed by atoms with Crippen LogP contribution >= 0.6 is 11.6 Å². The van der Waals surface area contributed by atoms with Crippen LogP contribution in [-0.2, 0) is 10.0 Å². The molecule has 6 nitrogen and oxygen atoms in total. The highest BCUT2D eigenvalue weighted by Gasteiger charge is 2.09. The molecule has 90 valence electrons. The summed E-state index contributed by atoms with van der Waals surface area (Å²) in [5.41, 5.74) is 1.01. The van der Waals surface area contributed by atoms with Crippen molar-refractivity contribution in [3.63, 3.8) is 0 Å². The fourth-order valence-corrected chi connectivity index (χ4v) is 1.93. The summed E-state index contributed by atoms with van der Waals surface area (Å²) in [5, 5.41) is 6.76. The minimum absolute atomic E-state index is 0.317. The number of benzene rings is 1. The van der Waals surface area contributed by atoms with Crippen LogP contribution in [0.3, 0.4) is 0 Å². The van der Waals surface area contributed by atoms with Crippen molar-refractivity contribution in [2.75, 3.05) is 9.93 Å². The number of rotatable bonds is 4. The Balaban J connectivity index is 2.30. The van der Waals surface area contributed by atoms with E-state index in [0.29, 0.717) is 17.1 Å². The van der Waals surface area contributed by atoms with Crippen molar-refractivity contribution in [1.29, 1.82) is 0 Å². The number of hydrogen-bond acceptors (Lipinski definition) is 5. The van der Waals surface area contributed by atoms with Gasteiger partial charge in [-0.3, -0.25) is 4.72 Å². The molecule has 0 atom stereocenters. The minimum Gasteiger partial charge on any atom is -0.423 e. The van der Waals surface area contributed by atoms with E-state index in [1.807, 2.05) is 0 Å². The molecule has 0 amide bonds. The smallest absolute Gasteiger partial charge is 0.247 e. The lowest BCUT2D eigenvalue weighted by Crippen LogP contribution is -2.13. The Morgan fingerprint density at radius 1 is 1.41 bits per heavy atom. The van der Waals surface area contributed by atoms with Crippen LogP contribution in [0.4, 0.5) is 5.69 Å². The normalized spacial score (nSPS) is 11.4. The molecule has 2 rings (SSSR count). The van der Waals surface area contributed by atoms with Gasteiger partial charge in [0.15, 0.2) is 0 Å². The Morgan fingerprint density at radius 2 is 2.24 bits per heavy atom. The van der Waals surface area contributed by atoms with E-state index in [0.717, 1.165) is 0 Å². The van der Waals surface area contributed by atoms with E-state index in [-0.39, 0.29) is 0 Å². The van der Waals surface area contributed by atoms with Gasteiger partial charge >= 0.3 is 0 Å². The van der Waals surface area contributed by atoms with Crippen LogP contribution in [0.5, 0.6) is 0 Å². The fourth-order valence-electron chi connectivity index (χ4n) is 1.22. The topological polar surface area (TPSA) is 85.1 Å². The van der Waals surface area contributed by atoms with Crippen LogP contribution in [0.2, 0.25) is 0 Å². The van der Waals surface area contributed by atoms with E-state index in [4.69, 9.17) is 16.0 Å². The molecule has 1 N–H and O–H groups in total. The second-order valence-corrected chi connectivity index (χ2v) is 5.46. The van der Waals surface area contributed by atoms with Crippen LogP contribution in [0.1, 0.15) is 0 Å². The summed E-state index contributed by atoms with van der Waals surface area (Å²) in [7, 11) is -3.51. The third kappa shape index (κ3) is 2.95. The van der Waals surface area contributed by atoms with Gasteiger partial charge in [0.2, 0.25) is 22.3 Å². The Kier molecular flexibility index (Phi) is 3.30. The first-order chi connectivity index (χ1) is 8.11. The van der Waals surface area contributed by atoms with E-state index < -0.39 is 15.2 Å². The van der Waals surface area contributed by atoms with Gasteiger partial charge in [-0.2, -0.15) is 0 Å². The minimum atomic E-state index is -3.51. The predicted molar refractivity (Wildman–Crippen MR) is 63.0 cm³/mol. The van der Waals surface area contributed by atoms with Gasteiger partial charge < -0.3 is 4.42 Å². The highest BCUT2D eigenvalue weighted by molar-refractivity contribution is 7.93. The van der Waals surface area contributed by atoms with Gasteiger partial charge in [0.05, 0.1) is 0 Å². The highest BCUT2D eigenvalue weighted by Crippen LogP contribution is 2.21. The average Bonchev–Trinajstić information content (AvgIpc) is 2.82. The molecule has 0 aliphatic heterocycles. The first-order valence-electron chi connectivity index (χ1n) is 4.54. The number of sulfonamides is 1. The molecule has 17 heavy (non-hydrogen) atoms. The van der Waals surface area contributed by atoms with Crippen LogP contribution in [0.15, 0.2) is 35.1 Å². The lowest BCUT2D eigenvalue weighted by molar-refractivity contribution is 0.568. The summed E-state index contributed by atoms with van der Waals surface area (Å²) >= 11 is 5.29. The second kappa shape index (κ2) is 4.72. The van der Waals surface area contributed by atoms with Crippen molar-refractivity contribution < 1.29 is 12.8 Å². The highest BCUT2D eigenvalue weighted by atomic mass is 35.5. The van der Waals surface area contributed by atoms with Crippen LogP contribution in [0, 0.1) is 0 Å². The molecule has 0 spiro atoms. The maximum Gasteiger partial charge on any atom is 0.247 e. The monoisotopic (exact) mass is 273 g/mol. The van der Waals surface area contributed by atoms with Gasteiger partial charge in [0.25, 0.3) is 0 Å². The first-order valence-corrected chi connectivity index (χ1v) is 6.72. The standard InChI is InChI=1S/C9H8ClN3O3S/c10-5-17(14,15)13-8-3-1-2-7(4-8)9-12-11-6-16-9/h1-4,6,13H,5H2. The Labute approximate surface area is 103 Å².